The van der Waals surface area contributed by atoms with Gasteiger partial charge < -0.3 is 5.32 Å². The molecule has 4 aromatic rings. The molecule has 1 amide bonds. The number of nitrogens with one attached hydrogen (secondary N) is 1. The Morgan fingerprint density at radius 1 is 1.32 bits per heavy atom. The Morgan fingerprint density at radius 3 is 2.89 bits per heavy atom. The lowest BCUT2D eigenvalue weighted by molar-refractivity contribution is 0.102. The molecule has 3 aromatic heterocycles. The van der Waals surface area contributed by atoms with E-state index in [9.17, 15) is 9.18 Å². The minimum absolute atomic E-state index is 0.252. The molecular formula is C19H16BrFN6O. The highest BCUT2D eigenvalue weighted by molar-refractivity contribution is 9.10. The van der Waals surface area contributed by atoms with E-state index in [4.69, 9.17) is 0 Å². The Labute approximate surface area is 168 Å². The number of carbonyl (C=O) groups excluding carboxylic acids is 1. The second-order valence-electron chi connectivity index (χ2n) is 6.39. The Hall–Kier alpha value is -3.07. The van der Waals surface area contributed by atoms with E-state index in [1.807, 2.05) is 6.92 Å². The topological polar surface area (TPSA) is 77.6 Å². The van der Waals surface area contributed by atoms with Crippen molar-refractivity contribution in [2.45, 2.75) is 13.5 Å². The minimum Gasteiger partial charge on any atom is -0.304 e. The third-order valence-corrected chi connectivity index (χ3v) is 4.90. The number of halogens is 2. The summed E-state index contributed by atoms with van der Waals surface area (Å²) in [5.41, 5.74) is 2.32. The second kappa shape index (κ2) is 7.16. The summed E-state index contributed by atoms with van der Waals surface area (Å²) in [6.45, 7) is 2.07. The van der Waals surface area contributed by atoms with Gasteiger partial charge in [-0.2, -0.15) is 10.2 Å². The van der Waals surface area contributed by atoms with Crippen LogP contribution in [0.4, 0.5) is 10.2 Å². The number of amides is 1. The maximum atomic E-state index is 13.9. The van der Waals surface area contributed by atoms with E-state index >= 15 is 0 Å². The van der Waals surface area contributed by atoms with Crippen molar-refractivity contribution in [3.63, 3.8) is 0 Å². The SMILES string of the molecule is Cc1cc(C(=O)Nc2nn(Cc3ccccc3F)cc2Br)c2cnn(C)c2n1. The van der Waals surface area contributed by atoms with E-state index in [0.29, 0.717) is 38.1 Å². The number of hydrogen-bond donors (Lipinski definition) is 1. The van der Waals surface area contributed by atoms with Gasteiger partial charge in [0.1, 0.15) is 5.82 Å². The van der Waals surface area contributed by atoms with Gasteiger partial charge in [0.15, 0.2) is 11.5 Å². The van der Waals surface area contributed by atoms with Crippen molar-refractivity contribution < 1.29 is 9.18 Å². The third kappa shape index (κ3) is 3.40. The molecular weight excluding hydrogens is 427 g/mol. The molecule has 0 saturated carbocycles. The Balaban J connectivity index is 1.61. The molecule has 9 heteroatoms. The first kappa shape index (κ1) is 18.3. The van der Waals surface area contributed by atoms with Gasteiger partial charge in [-0.1, -0.05) is 18.2 Å². The van der Waals surface area contributed by atoms with Gasteiger partial charge in [0.2, 0.25) is 0 Å². The summed E-state index contributed by atoms with van der Waals surface area (Å²) >= 11 is 3.40. The summed E-state index contributed by atoms with van der Waals surface area (Å²) in [6, 6.07) is 8.22. The van der Waals surface area contributed by atoms with Crippen molar-refractivity contribution >= 4 is 38.7 Å². The zero-order chi connectivity index (χ0) is 19.8. The summed E-state index contributed by atoms with van der Waals surface area (Å²) in [7, 11) is 1.78. The quantitative estimate of drug-likeness (QED) is 0.522. The zero-order valence-corrected chi connectivity index (χ0v) is 16.7. The smallest absolute Gasteiger partial charge is 0.257 e. The number of fused-ring (bicyclic) bond motifs is 1. The van der Waals surface area contributed by atoms with Gasteiger partial charge in [-0.25, -0.2) is 9.37 Å². The number of pyridine rings is 1. The molecule has 0 radical (unpaired) electrons. The number of aryl methyl sites for hydroxylation is 2. The van der Waals surface area contributed by atoms with Crippen LogP contribution in [-0.2, 0) is 13.6 Å². The number of hydrogen-bond acceptors (Lipinski definition) is 4. The van der Waals surface area contributed by atoms with Crippen LogP contribution < -0.4 is 5.32 Å². The number of rotatable bonds is 4. The summed E-state index contributed by atoms with van der Waals surface area (Å²) in [5, 5.41) is 12.0. The van der Waals surface area contributed by atoms with Crippen LogP contribution in [0.15, 0.2) is 47.2 Å². The molecule has 0 spiro atoms. The van der Waals surface area contributed by atoms with Crippen molar-refractivity contribution in [2.75, 3.05) is 5.32 Å². The first-order chi connectivity index (χ1) is 13.4. The van der Waals surface area contributed by atoms with E-state index in [2.05, 4.69) is 36.4 Å². The molecule has 0 atom stereocenters. The third-order valence-electron chi connectivity index (χ3n) is 4.32. The van der Waals surface area contributed by atoms with Crippen LogP contribution in [0.2, 0.25) is 0 Å². The fourth-order valence-corrected chi connectivity index (χ4v) is 3.38. The average Bonchev–Trinajstić information content (AvgIpc) is 3.19. The molecule has 0 fully saturated rings. The molecule has 0 bridgehead atoms. The molecule has 0 aliphatic rings. The van der Waals surface area contributed by atoms with Crippen LogP contribution in [0.1, 0.15) is 21.6 Å². The lowest BCUT2D eigenvalue weighted by atomic mass is 10.1. The lowest BCUT2D eigenvalue weighted by Crippen LogP contribution is -2.14. The molecule has 7 nitrogen and oxygen atoms in total. The van der Waals surface area contributed by atoms with Crippen molar-refractivity contribution in [3.05, 3.63) is 69.8 Å². The number of nitrogens with zero attached hydrogens (tertiary/aromatic N) is 5. The van der Waals surface area contributed by atoms with Crippen molar-refractivity contribution in [1.82, 2.24) is 24.5 Å². The average molecular weight is 443 g/mol. The van der Waals surface area contributed by atoms with Crippen LogP contribution in [0, 0.1) is 12.7 Å². The van der Waals surface area contributed by atoms with Gasteiger partial charge in [0.25, 0.3) is 5.91 Å². The van der Waals surface area contributed by atoms with Crippen molar-refractivity contribution in [3.8, 4) is 0 Å². The van der Waals surface area contributed by atoms with Gasteiger partial charge in [-0.15, -0.1) is 0 Å². The molecule has 28 heavy (non-hydrogen) atoms. The standard InChI is InChI=1S/C19H16BrFN6O/c1-11-7-13(14-8-22-26(2)18(14)23-11)19(28)24-17-15(20)10-27(25-17)9-12-5-3-4-6-16(12)21/h3-8,10H,9H2,1-2H3,(H,24,25,28). The van der Waals surface area contributed by atoms with Gasteiger partial charge in [-0.05, 0) is 35.0 Å². The summed E-state index contributed by atoms with van der Waals surface area (Å²) < 4.78 is 17.7. The summed E-state index contributed by atoms with van der Waals surface area (Å²) in [6.07, 6.45) is 3.31. The van der Waals surface area contributed by atoms with Crippen molar-refractivity contribution in [2.24, 2.45) is 7.05 Å². The molecule has 4 rings (SSSR count). The first-order valence-electron chi connectivity index (χ1n) is 8.49. The molecule has 1 N–H and O–H groups in total. The normalized spacial score (nSPS) is 11.1. The Morgan fingerprint density at radius 2 is 2.11 bits per heavy atom. The van der Waals surface area contributed by atoms with E-state index in [0.717, 1.165) is 0 Å². The van der Waals surface area contributed by atoms with Crippen LogP contribution in [0.3, 0.4) is 0 Å². The largest absolute Gasteiger partial charge is 0.304 e. The number of aromatic nitrogens is 5. The summed E-state index contributed by atoms with van der Waals surface area (Å²) in [4.78, 5) is 17.3. The molecule has 1 aromatic carbocycles. The number of benzene rings is 1. The zero-order valence-electron chi connectivity index (χ0n) is 15.1. The monoisotopic (exact) mass is 442 g/mol. The van der Waals surface area contributed by atoms with Gasteiger partial charge in [0.05, 0.1) is 28.2 Å². The van der Waals surface area contributed by atoms with E-state index in [-0.39, 0.29) is 18.3 Å². The molecule has 142 valence electrons. The first-order valence-corrected chi connectivity index (χ1v) is 9.28. The van der Waals surface area contributed by atoms with Gasteiger partial charge in [0, 0.05) is 24.5 Å². The molecule has 0 saturated heterocycles. The predicted octanol–water partition coefficient (Wildman–Crippen LogP) is 3.68. The molecule has 3 heterocycles. The highest BCUT2D eigenvalue weighted by Crippen LogP contribution is 2.24. The second-order valence-corrected chi connectivity index (χ2v) is 7.24. The molecule has 0 aliphatic carbocycles. The van der Waals surface area contributed by atoms with Crippen molar-refractivity contribution in [1.29, 1.82) is 0 Å². The number of carbonyl (C=O) groups is 1. The van der Waals surface area contributed by atoms with E-state index in [1.165, 1.54) is 6.07 Å². The maximum absolute atomic E-state index is 13.9. The molecule has 0 unspecified atom stereocenters. The fourth-order valence-electron chi connectivity index (χ4n) is 2.97. The lowest BCUT2D eigenvalue weighted by Gasteiger charge is -2.06. The van der Waals surface area contributed by atoms with Crippen LogP contribution >= 0.6 is 15.9 Å². The van der Waals surface area contributed by atoms with Gasteiger partial charge in [-0.3, -0.25) is 14.2 Å². The van der Waals surface area contributed by atoms with Crippen LogP contribution in [0.25, 0.3) is 11.0 Å². The molecule has 0 aliphatic heterocycles. The Kier molecular flexibility index (Phi) is 4.68. The maximum Gasteiger partial charge on any atom is 0.257 e. The highest BCUT2D eigenvalue weighted by Gasteiger charge is 2.18. The van der Waals surface area contributed by atoms with E-state index in [1.54, 1.807) is 53.1 Å². The summed E-state index contributed by atoms with van der Waals surface area (Å²) in [5.74, 6) is -0.265. The van der Waals surface area contributed by atoms with E-state index < -0.39 is 0 Å². The highest BCUT2D eigenvalue weighted by atomic mass is 79.9. The van der Waals surface area contributed by atoms with Gasteiger partial charge >= 0.3 is 0 Å². The Bertz CT molecular complexity index is 1200. The van der Waals surface area contributed by atoms with Crippen LogP contribution in [-0.4, -0.2) is 30.5 Å². The fraction of sp³-hybridized carbons (Fsp3) is 0.158. The number of anilines is 1. The predicted molar refractivity (Wildman–Crippen MR) is 107 cm³/mol. The minimum atomic E-state index is -0.319. The van der Waals surface area contributed by atoms with Crippen LogP contribution in [0.5, 0.6) is 0 Å².